The third-order valence-corrected chi connectivity index (χ3v) is 26.7. The molecule has 0 unspecified atom stereocenters. The van der Waals surface area contributed by atoms with Gasteiger partial charge in [0, 0.05) is 135 Å². The Morgan fingerprint density at radius 2 is 0.714 bits per heavy atom. The van der Waals surface area contributed by atoms with Crippen molar-refractivity contribution in [1.82, 2.24) is 60.4 Å². The molecule has 119 heavy (non-hydrogen) atoms. The molecule has 4 aromatic heterocycles. The molecule has 0 saturated carbocycles. The van der Waals surface area contributed by atoms with Crippen molar-refractivity contribution < 1.29 is 44.3 Å². The molecule has 29 heteroatoms. The van der Waals surface area contributed by atoms with Crippen LogP contribution in [0.5, 0.6) is 0 Å². The fourth-order valence-corrected chi connectivity index (χ4v) is 18.8. The first kappa shape index (κ1) is 89.2. The maximum Gasteiger partial charge on any atom is 0.321 e. The van der Waals surface area contributed by atoms with Gasteiger partial charge in [-0.3, -0.25) is 25.2 Å². The molecule has 11 N–H and O–H groups in total. The minimum Gasteiger partial charge on any atom is -0.388 e. The van der Waals surface area contributed by atoms with Crippen LogP contribution in [-0.4, -0.2) is 171 Å². The Bertz CT molecular complexity index is 5330. The predicted octanol–water partition coefficient (Wildman–Crippen LogP) is 20.1. The van der Waals surface area contributed by atoms with Crippen LogP contribution in [0, 0.1) is 59.2 Å². The molecule has 4 atom stereocenters. The van der Waals surface area contributed by atoms with Crippen LogP contribution < -0.4 is 16.0 Å². The van der Waals surface area contributed by atoms with Gasteiger partial charge in [0.05, 0.1) is 82.0 Å². The summed E-state index contributed by atoms with van der Waals surface area (Å²) in [5, 5.41) is 88.7. The van der Waals surface area contributed by atoms with Gasteiger partial charge in [-0.15, -0.1) is 0 Å². The van der Waals surface area contributed by atoms with E-state index in [1.807, 2.05) is 132 Å². The molecule has 24 nitrogen and oxygen atoms in total. The summed E-state index contributed by atoms with van der Waals surface area (Å²) in [6.45, 7) is 26.1. The first-order valence-corrected chi connectivity index (χ1v) is 42.6. The van der Waals surface area contributed by atoms with Gasteiger partial charge in [0.1, 0.15) is 6.61 Å². The van der Waals surface area contributed by atoms with E-state index in [1.54, 1.807) is 47.9 Å². The zero-order valence-electron chi connectivity index (χ0n) is 69.3. The summed E-state index contributed by atoms with van der Waals surface area (Å²) in [7, 11) is 1.53. The Hall–Kier alpha value is -9.05. The number of nitrogens with one attached hydrogen (secondary N) is 7. The highest BCUT2D eigenvalue weighted by Crippen LogP contribution is 2.51. The van der Waals surface area contributed by atoms with Crippen LogP contribution in [0.3, 0.4) is 0 Å². The molecule has 4 aliphatic heterocycles. The number of rotatable bonds is 17. The number of aromatic nitrogens is 8. The van der Waals surface area contributed by atoms with Crippen LogP contribution in [-0.2, 0) is 9.53 Å². The molecule has 4 fully saturated rings. The lowest BCUT2D eigenvalue weighted by molar-refractivity contribution is -0.137. The Labute approximate surface area is 719 Å². The summed E-state index contributed by atoms with van der Waals surface area (Å²) in [5.74, 6) is 1.09. The maximum absolute atomic E-state index is 12.7. The molecule has 11 aromatic rings. The number of ether oxygens (including phenoxy) is 1. The summed E-state index contributed by atoms with van der Waals surface area (Å²) < 4.78 is 4.94. The van der Waals surface area contributed by atoms with Gasteiger partial charge in [0.2, 0.25) is 5.91 Å². The number of methoxy groups -OCH3 is 1. The summed E-state index contributed by atoms with van der Waals surface area (Å²) in [6.07, 6.45) is 10.7. The van der Waals surface area contributed by atoms with Gasteiger partial charge < -0.3 is 60.7 Å². The Morgan fingerprint density at radius 1 is 0.403 bits per heavy atom. The van der Waals surface area contributed by atoms with Crippen molar-refractivity contribution in [2.24, 2.45) is 45.3 Å². The van der Waals surface area contributed by atoms with E-state index in [4.69, 9.17) is 62.7 Å². The lowest BCUT2D eigenvalue weighted by Crippen LogP contribution is -2.45. The molecule has 4 saturated heterocycles. The molecule has 0 bridgehead atoms. The first-order chi connectivity index (χ1) is 56.6. The fraction of sp³-hybridized carbons (Fsp3) is 0.444. The number of likely N-dealkylation sites (tertiary alicyclic amines) is 4. The molecule has 634 valence electrons. The number of halogens is 5. The quantitative estimate of drug-likeness (QED) is 0.0404. The number of hydrogen-bond donors (Lipinski definition) is 11. The number of para-hydroxylation sites is 1. The van der Waals surface area contributed by atoms with Crippen molar-refractivity contribution in [2.45, 2.75) is 145 Å². The minimum absolute atomic E-state index is 0.0262. The van der Waals surface area contributed by atoms with Gasteiger partial charge >= 0.3 is 18.1 Å². The van der Waals surface area contributed by atoms with E-state index < -0.39 is 29.8 Å². The van der Waals surface area contributed by atoms with Gasteiger partial charge in [-0.1, -0.05) is 155 Å². The number of aliphatic hydroxyl groups is 4. The number of aliphatic hydroxyl groups excluding tert-OH is 4. The number of benzene rings is 7. The van der Waals surface area contributed by atoms with Gasteiger partial charge in [0.15, 0.2) is 0 Å². The average Bonchev–Trinajstić information content (AvgIpc) is 1.77. The lowest BCUT2D eigenvalue weighted by Gasteiger charge is -2.43. The van der Waals surface area contributed by atoms with Crippen LogP contribution in [0.2, 0.25) is 25.1 Å². The van der Waals surface area contributed by atoms with Gasteiger partial charge in [-0.2, -0.15) is 20.4 Å². The summed E-state index contributed by atoms with van der Waals surface area (Å²) >= 11 is 31.2. The number of H-pyrrole nitrogens is 4. The van der Waals surface area contributed by atoms with E-state index >= 15 is 0 Å². The molecular formula is C90H110Cl5N15O9. The Morgan fingerprint density at radius 3 is 1.03 bits per heavy atom. The predicted molar refractivity (Wildman–Crippen MR) is 474 cm³/mol. The maximum atomic E-state index is 12.7. The smallest absolute Gasteiger partial charge is 0.321 e. The van der Waals surface area contributed by atoms with Crippen LogP contribution >= 0.6 is 58.0 Å². The fourth-order valence-electron chi connectivity index (χ4n) is 17.6. The monoisotopic (exact) mass is 1720 g/mol. The van der Waals surface area contributed by atoms with Crippen molar-refractivity contribution >= 4 is 143 Å². The van der Waals surface area contributed by atoms with Crippen molar-refractivity contribution in [3.05, 3.63) is 205 Å². The summed E-state index contributed by atoms with van der Waals surface area (Å²) in [5.41, 5.74) is 9.28. The number of aromatic amines is 4. The molecule has 7 aromatic carbocycles. The van der Waals surface area contributed by atoms with Crippen molar-refractivity contribution in [1.29, 1.82) is 0 Å². The number of hydrogen-bond acceptors (Lipinski definition) is 13. The highest BCUT2D eigenvalue weighted by atomic mass is 35.5. The second-order valence-electron chi connectivity index (χ2n) is 34.6. The highest BCUT2D eigenvalue weighted by Gasteiger charge is 2.45. The minimum atomic E-state index is -0.720. The molecule has 0 radical (unpaired) electrons. The van der Waals surface area contributed by atoms with Gasteiger partial charge in [-0.05, 0) is 201 Å². The Kier molecular flexibility index (Phi) is 28.8. The SMILES string of the molecule is CC(C)(C1CCN(C(=O)Nc2ccccc2Cl)CC1)[C@@H](O)c1cc(Cl)cc2cn[nH]c12.COCC(=O)N1CCC(C(C)(C)[C@@H](O)c2cc(Cl)cc3cn[nH]c23)CC1.Cc1ccc(NC(=O)N2CCC(C(C)(C)[C@@H](O)c3cc(Cl)cc4cn[nH]c34)CC2)cc1.Cc1cccc(NC(=O)N2CCC(C(C)(C)[C@@H](O)c3cc(Cl)cc4cn[nH]c34)CC2)c1. The molecule has 0 spiro atoms. The third-order valence-electron chi connectivity index (χ3n) is 25.5. The van der Waals surface area contributed by atoms with Crippen LogP contribution in [0.4, 0.5) is 31.4 Å². The number of piperidine rings is 4. The van der Waals surface area contributed by atoms with Crippen LogP contribution in [0.15, 0.2) is 146 Å². The summed E-state index contributed by atoms with van der Waals surface area (Å²) in [4.78, 5) is 57.3. The number of nitrogens with zero attached hydrogens (tertiary/aromatic N) is 8. The third kappa shape index (κ3) is 20.8. The van der Waals surface area contributed by atoms with E-state index in [0.29, 0.717) is 89.1 Å². The van der Waals surface area contributed by atoms with E-state index in [1.165, 1.54) is 7.11 Å². The van der Waals surface area contributed by atoms with Crippen LogP contribution in [0.1, 0.15) is 165 Å². The largest absolute Gasteiger partial charge is 0.388 e. The van der Waals surface area contributed by atoms with Gasteiger partial charge in [0.25, 0.3) is 0 Å². The van der Waals surface area contributed by atoms with Crippen molar-refractivity contribution in [3.8, 4) is 0 Å². The number of carbonyl (C=O) groups excluding carboxylic acids is 4. The molecular weight excluding hydrogens is 1610 g/mol. The molecule has 8 heterocycles. The molecule has 7 amide bonds. The van der Waals surface area contributed by atoms with E-state index in [-0.39, 0.29) is 64.6 Å². The zero-order chi connectivity index (χ0) is 85.4. The number of carbonyl (C=O) groups is 4. The van der Waals surface area contributed by atoms with Crippen molar-refractivity contribution in [2.75, 3.05) is 82.0 Å². The van der Waals surface area contributed by atoms with Crippen molar-refractivity contribution in [3.63, 3.8) is 0 Å². The number of fused-ring (bicyclic) bond motifs is 4. The molecule has 15 rings (SSSR count). The van der Waals surface area contributed by atoms with Gasteiger partial charge in [-0.25, -0.2) is 14.4 Å². The first-order valence-electron chi connectivity index (χ1n) is 40.7. The Balaban J connectivity index is 0.000000146. The standard InChI is InChI=1S/2C24H29ClN4O2.C23H26Cl2N4O2.C19H26ClN3O3/c1-15-4-6-19(7-5-15)27-23(31)29-10-8-17(9-11-29)24(2,3)22(30)20-13-18(25)12-16-14-26-28-21(16)20;1-15-5-4-6-19(11-15)27-23(31)29-9-7-17(8-10-29)24(2,3)22(30)20-13-18(25)12-16-14-26-28-21(16)20;1-23(2,21(30)17-12-16(24)11-14-13-26-28-20(14)17)15-7-9-29(10-8-15)22(31)27-19-6-4-3-5-18(19)25;1-19(2,13-4-6-23(7-5-13)16(24)11-26-3)18(25)15-9-14(20)8-12-10-21-22-17(12)15/h4-7,12-14,17,22,30H,8-11H2,1-3H3,(H,26,28)(H,27,31);4-6,11-14,17,22,30H,7-10H2,1-3H3,(H,26,28)(H,27,31);3-6,11-13,15,21,30H,7-10H2,1-2H3,(H,26,28)(H,27,31);8-10,13,18,25H,4-7,11H2,1-3H3,(H,21,22)/t2*22-;21-;18-/m0000/s1. The zero-order valence-corrected chi connectivity index (χ0v) is 73.1. The van der Waals surface area contributed by atoms with E-state index in [2.05, 4.69) is 112 Å². The lowest BCUT2D eigenvalue weighted by atomic mass is 9.68. The average molecular weight is 1720 g/mol. The second-order valence-corrected chi connectivity index (χ2v) is 36.7. The molecule has 0 aliphatic carbocycles. The topological polar surface area (TPSA) is 322 Å². The molecule has 4 aliphatic rings. The normalized spacial score (nSPS) is 16.7. The van der Waals surface area contributed by atoms with E-state index in [0.717, 1.165) is 140 Å². The van der Waals surface area contributed by atoms with E-state index in [9.17, 15) is 39.6 Å². The number of aryl methyl sites for hydroxylation is 2. The highest BCUT2D eigenvalue weighted by molar-refractivity contribution is 6.34. The number of amides is 7. The second kappa shape index (κ2) is 38.4. The van der Waals surface area contributed by atoms with Crippen LogP contribution in [0.25, 0.3) is 43.6 Å². The number of urea groups is 3. The number of anilines is 3. The summed E-state index contributed by atoms with van der Waals surface area (Å²) in [6, 6.07) is 37.1.